The van der Waals surface area contributed by atoms with Gasteiger partial charge in [0, 0.05) is 36.5 Å². The molecule has 6 heteroatoms. The van der Waals surface area contributed by atoms with Crippen molar-refractivity contribution in [2.75, 3.05) is 18.8 Å². The maximum absolute atomic E-state index is 5.87. The molecule has 24 heavy (non-hydrogen) atoms. The van der Waals surface area contributed by atoms with Crippen LogP contribution in [0, 0.1) is 0 Å². The Morgan fingerprint density at radius 2 is 2.08 bits per heavy atom. The molecule has 130 valence electrons. The standard InChI is InChI=1S/C18H27N5S/c1-2-15-5-7-16(8-6-15)13-24-11-10-22-18(19)21-9-3-4-17-12-20-14-23-17/h5-8,12,14H,2-4,9-11,13H2,1H3,(H,20,23)(H3,19,21,22). The Morgan fingerprint density at radius 3 is 2.79 bits per heavy atom. The molecule has 2 aromatic rings. The number of nitrogens with one attached hydrogen (secondary N) is 2. The Morgan fingerprint density at radius 1 is 1.29 bits per heavy atom. The third kappa shape index (κ3) is 7.08. The summed E-state index contributed by atoms with van der Waals surface area (Å²) in [6.07, 6.45) is 6.55. The molecule has 1 aromatic heterocycles. The van der Waals surface area contributed by atoms with Gasteiger partial charge in [0.2, 0.25) is 0 Å². The van der Waals surface area contributed by atoms with E-state index in [0.29, 0.717) is 5.96 Å². The first-order valence-corrected chi connectivity index (χ1v) is 9.60. The topological polar surface area (TPSA) is 79.1 Å². The molecule has 1 aromatic carbocycles. The predicted molar refractivity (Wildman–Crippen MR) is 103 cm³/mol. The second-order valence-corrected chi connectivity index (χ2v) is 6.70. The summed E-state index contributed by atoms with van der Waals surface area (Å²) in [4.78, 5) is 11.4. The number of H-pyrrole nitrogens is 1. The SMILES string of the molecule is CCc1ccc(CSCCNC(N)=NCCCc2cnc[nH]2)cc1. The smallest absolute Gasteiger partial charge is 0.188 e. The monoisotopic (exact) mass is 345 g/mol. The van der Waals surface area contributed by atoms with Gasteiger partial charge >= 0.3 is 0 Å². The minimum absolute atomic E-state index is 0.535. The van der Waals surface area contributed by atoms with Crippen molar-refractivity contribution in [2.45, 2.75) is 31.9 Å². The quantitative estimate of drug-likeness (QED) is 0.351. The zero-order chi connectivity index (χ0) is 17.0. The van der Waals surface area contributed by atoms with Crippen molar-refractivity contribution in [3.63, 3.8) is 0 Å². The average Bonchev–Trinajstić information content (AvgIpc) is 3.12. The van der Waals surface area contributed by atoms with Gasteiger partial charge in [-0.15, -0.1) is 0 Å². The Hall–Kier alpha value is -1.95. The number of nitrogens with two attached hydrogens (primary N) is 1. The van der Waals surface area contributed by atoms with E-state index >= 15 is 0 Å². The van der Waals surface area contributed by atoms with E-state index < -0.39 is 0 Å². The largest absolute Gasteiger partial charge is 0.370 e. The van der Waals surface area contributed by atoms with Gasteiger partial charge in [-0.1, -0.05) is 31.2 Å². The summed E-state index contributed by atoms with van der Waals surface area (Å²) in [5.41, 5.74) is 9.77. The average molecular weight is 346 g/mol. The molecule has 0 saturated carbocycles. The molecule has 0 aliphatic rings. The van der Waals surface area contributed by atoms with Crippen LogP contribution in [0.2, 0.25) is 0 Å². The summed E-state index contributed by atoms with van der Waals surface area (Å²) in [5, 5.41) is 3.17. The zero-order valence-electron chi connectivity index (χ0n) is 14.3. The number of guanidine groups is 1. The summed E-state index contributed by atoms with van der Waals surface area (Å²) in [5.74, 6) is 2.58. The molecule has 0 radical (unpaired) electrons. The lowest BCUT2D eigenvalue weighted by atomic mass is 10.1. The van der Waals surface area contributed by atoms with Crippen molar-refractivity contribution in [1.29, 1.82) is 0 Å². The normalized spacial score (nSPS) is 11.6. The predicted octanol–water partition coefficient (Wildman–Crippen LogP) is 2.74. The van der Waals surface area contributed by atoms with Crippen LogP contribution in [0.15, 0.2) is 41.8 Å². The number of aromatic amines is 1. The Labute approximate surface area is 148 Å². The molecular formula is C18H27N5S. The van der Waals surface area contributed by atoms with Crippen molar-refractivity contribution in [3.05, 3.63) is 53.6 Å². The third-order valence-corrected chi connectivity index (χ3v) is 4.72. The maximum Gasteiger partial charge on any atom is 0.188 e. The number of aliphatic imine (C=N–C) groups is 1. The first-order chi connectivity index (χ1) is 11.8. The summed E-state index contributed by atoms with van der Waals surface area (Å²) in [6.45, 7) is 3.75. The number of hydrogen-bond donors (Lipinski definition) is 3. The van der Waals surface area contributed by atoms with Crippen molar-refractivity contribution in [2.24, 2.45) is 10.7 Å². The molecule has 0 unspecified atom stereocenters. The zero-order valence-corrected chi connectivity index (χ0v) is 15.1. The lowest BCUT2D eigenvalue weighted by Gasteiger charge is -2.06. The van der Waals surface area contributed by atoms with Gasteiger partial charge < -0.3 is 16.0 Å². The molecule has 4 N–H and O–H groups in total. The van der Waals surface area contributed by atoms with Gasteiger partial charge in [-0.25, -0.2) is 4.98 Å². The number of imidazole rings is 1. The summed E-state index contributed by atoms with van der Waals surface area (Å²) < 4.78 is 0. The second-order valence-electron chi connectivity index (χ2n) is 5.60. The van der Waals surface area contributed by atoms with Crippen LogP contribution in [0.4, 0.5) is 0 Å². The van der Waals surface area contributed by atoms with Crippen molar-refractivity contribution >= 4 is 17.7 Å². The van der Waals surface area contributed by atoms with Crippen LogP contribution >= 0.6 is 11.8 Å². The molecule has 2 rings (SSSR count). The number of aryl methyl sites for hydroxylation is 2. The highest BCUT2D eigenvalue weighted by Gasteiger charge is 1.97. The van der Waals surface area contributed by atoms with Crippen LogP contribution in [-0.2, 0) is 18.6 Å². The van der Waals surface area contributed by atoms with E-state index in [0.717, 1.165) is 49.6 Å². The molecule has 5 nitrogen and oxygen atoms in total. The molecule has 0 saturated heterocycles. The van der Waals surface area contributed by atoms with E-state index in [-0.39, 0.29) is 0 Å². The van der Waals surface area contributed by atoms with E-state index in [9.17, 15) is 0 Å². The van der Waals surface area contributed by atoms with Crippen LogP contribution in [0.1, 0.15) is 30.2 Å². The van der Waals surface area contributed by atoms with Gasteiger partial charge in [0.1, 0.15) is 0 Å². The fraction of sp³-hybridized carbons (Fsp3) is 0.444. The highest BCUT2D eigenvalue weighted by Crippen LogP contribution is 2.12. The third-order valence-electron chi connectivity index (χ3n) is 3.69. The van der Waals surface area contributed by atoms with E-state index in [2.05, 4.69) is 51.5 Å². The Bertz CT molecular complexity index is 592. The van der Waals surface area contributed by atoms with Crippen LogP contribution in [0.25, 0.3) is 0 Å². The molecule has 0 spiro atoms. The number of aromatic nitrogens is 2. The summed E-state index contributed by atoms with van der Waals surface area (Å²) in [6, 6.07) is 8.85. The van der Waals surface area contributed by atoms with E-state index in [4.69, 9.17) is 5.73 Å². The Kier molecular flexibility index (Phi) is 8.24. The first kappa shape index (κ1) is 18.4. The number of thioether (sulfide) groups is 1. The van der Waals surface area contributed by atoms with Crippen molar-refractivity contribution in [3.8, 4) is 0 Å². The van der Waals surface area contributed by atoms with Crippen LogP contribution in [-0.4, -0.2) is 34.8 Å². The molecule has 0 atom stereocenters. The fourth-order valence-electron chi connectivity index (χ4n) is 2.26. The lowest BCUT2D eigenvalue weighted by Crippen LogP contribution is -2.33. The minimum atomic E-state index is 0.535. The van der Waals surface area contributed by atoms with Gasteiger partial charge in [0.05, 0.1) is 6.33 Å². The molecular weight excluding hydrogens is 318 g/mol. The van der Waals surface area contributed by atoms with Gasteiger partial charge in [-0.2, -0.15) is 11.8 Å². The summed E-state index contributed by atoms with van der Waals surface area (Å²) >= 11 is 1.90. The molecule has 0 amide bonds. The van der Waals surface area contributed by atoms with Gasteiger partial charge in [-0.05, 0) is 30.4 Å². The second kappa shape index (κ2) is 10.8. The van der Waals surface area contributed by atoms with E-state index in [1.165, 1.54) is 11.1 Å². The van der Waals surface area contributed by atoms with Crippen LogP contribution in [0.5, 0.6) is 0 Å². The van der Waals surface area contributed by atoms with Crippen molar-refractivity contribution < 1.29 is 0 Å². The highest BCUT2D eigenvalue weighted by atomic mass is 32.2. The number of benzene rings is 1. The number of rotatable bonds is 10. The molecule has 1 heterocycles. The van der Waals surface area contributed by atoms with Gasteiger partial charge in [-0.3, -0.25) is 4.99 Å². The summed E-state index contributed by atoms with van der Waals surface area (Å²) in [7, 11) is 0. The van der Waals surface area contributed by atoms with Gasteiger partial charge in [0.15, 0.2) is 5.96 Å². The van der Waals surface area contributed by atoms with Gasteiger partial charge in [0.25, 0.3) is 0 Å². The molecule has 0 aliphatic heterocycles. The van der Waals surface area contributed by atoms with E-state index in [1.807, 2.05) is 18.0 Å². The fourth-order valence-corrected chi connectivity index (χ4v) is 3.08. The minimum Gasteiger partial charge on any atom is -0.370 e. The molecule has 0 bridgehead atoms. The maximum atomic E-state index is 5.87. The van der Waals surface area contributed by atoms with E-state index in [1.54, 1.807) is 6.33 Å². The highest BCUT2D eigenvalue weighted by molar-refractivity contribution is 7.98. The molecule has 0 aliphatic carbocycles. The van der Waals surface area contributed by atoms with Crippen LogP contribution in [0.3, 0.4) is 0 Å². The van der Waals surface area contributed by atoms with Crippen molar-refractivity contribution in [1.82, 2.24) is 15.3 Å². The number of nitrogens with zero attached hydrogens (tertiary/aromatic N) is 2. The first-order valence-electron chi connectivity index (χ1n) is 8.44. The molecule has 0 fully saturated rings. The van der Waals surface area contributed by atoms with Crippen LogP contribution < -0.4 is 11.1 Å². The lowest BCUT2D eigenvalue weighted by molar-refractivity contribution is 0.806. The number of hydrogen-bond acceptors (Lipinski definition) is 3. The Balaban J connectivity index is 1.51.